The van der Waals surface area contributed by atoms with Crippen molar-refractivity contribution in [2.24, 2.45) is 5.92 Å². The lowest BCUT2D eigenvalue weighted by atomic mass is 10.1. The van der Waals surface area contributed by atoms with Crippen LogP contribution in [0.2, 0.25) is 10.0 Å². The van der Waals surface area contributed by atoms with Crippen LogP contribution in [0.25, 0.3) is 0 Å². The molecule has 17 heavy (non-hydrogen) atoms. The van der Waals surface area contributed by atoms with Gasteiger partial charge in [-0.3, -0.25) is 0 Å². The van der Waals surface area contributed by atoms with Gasteiger partial charge in [-0.1, -0.05) is 23.2 Å². The van der Waals surface area contributed by atoms with Crippen LogP contribution in [0, 0.1) is 12.8 Å². The van der Waals surface area contributed by atoms with Crippen molar-refractivity contribution >= 4 is 28.9 Å². The van der Waals surface area contributed by atoms with E-state index in [1.54, 1.807) is 0 Å². The van der Waals surface area contributed by atoms with Crippen LogP contribution in [0.3, 0.4) is 0 Å². The normalized spacial score (nSPS) is 20.0. The van der Waals surface area contributed by atoms with Gasteiger partial charge in [-0.15, -0.1) is 0 Å². The lowest BCUT2D eigenvalue weighted by Gasteiger charge is -2.21. The van der Waals surface area contributed by atoms with Gasteiger partial charge < -0.3 is 10.2 Å². The third kappa shape index (κ3) is 2.87. The fraction of sp³-hybridized carbons (Fsp3) is 0.538. The highest BCUT2D eigenvalue weighted by Gasteiger charge is 2.23. The highest BCUT2D eigenvalue weighted by molar-refractivity contribution is 6.35. The fourth-order valence-electron chi connectivity index (χ4n) is 2.38. The van der Waals surface area contributed by atoms with Crippen LogP contribution >= 0.6 is 23.2 Å². The molecule has 2 nitrogen and oxygen atoms in total. The second-order valence-corrected chi connectivity index (χ2v) is 5.53. The van der Waals surface area contributed by atoms with E-state index in [-0.39, 0.29) is 0 Å². The molecule has 1 aliphatic rings. The molecule has 1 saturated heterocycles. The van der Waals surface area contributed by atoms with Gasteiger partial charge in [0, 0.05) is 18.1 Å². The van der Waals surface area contributed by atoms with E-state index < -0.39 is 0 Å². The van der Waals surface area contributed by atoms with Crippen molar-refractivity contribution in [2.45, 2.75) is 13.3 Å². The highest BCUT2D eigenvalue weighted by atomic mass is 35.5. The summed E-state index contributed by atoms with van der Waals surface area (Å²) in [5.41, 5.74) is 2.10. The molecule has 0 radical (unpaired) electrons. The number of rotatable bonds is 3. The van der Waals surface area contributed by atoms with Crippen molar-refractivity contribution in [3.63, 3.8) is 0 Å². The second-order valence-electron chi connectivity index (χ2n) is 4.71. The number of hydrogen-bond acceptors (Lipinski definition) is 2. The van der Waals surface area contributed by atoms with Gasteiger partial charge in [0.25, 0.3) is 0 Å². The van der Waals surface area contributed by atoms with E-state index in [9.17, 15) is 0 Å². The number of anilines is 1. The zero-order valence-corrected chi connectivity index (χ0v) is 11.8. The average Bonchev–Trinajstić information content (AvgIpc) is 2.72. The minimum Gasteiger partial charge on any atom is -0.370 e. The summed E-state index contributed by atoms with van der Waals surface area (Å²) in [4.78, 5) is 2.33. The number of halogens is 2. The SMILES string of the molecule is CNCC1CCN(c2cc(Cl)c(C)cc2Cl)C1. The summed E-state index contributed by atoms with van der Waals surface area (Å²) >= 11 is 12.5. The van der Waals surface area contributed by atoms with Gasteiger partial charge in [-0.2, -0.15) is 0 Å². The summed E-state index contributed by atoms with van der Waals surface area (Å²) in [7, 11) is 2.00. The van der Waals surface area contributed by atoms with E-state index in [2.05, 4.69) is 10.2 Å². The number of hydrogen-bond donors (Lipinski definition) is 1. The number of nitrogens with one attached hydrogen (secondary N) is 1. The Hall–Kier alpha value is -0.440. The monoisotopic (exact) mass is 272 g/mol. The Balaban J connectivity index is 2.16. The molecular formula is C13H18Cl2N2. The predicted octanol–water partition coefficient (Wildman–Crippen LogP) is 3.35. The lowest BCUT2D eigenvalue weighted by molar-refractivity contribution is 0.549. The molecule has 1 fully saturated rings. The molecule has 0 bridgehead atoms. The highest BCUT2D eigenvalue weighted by Crippen LogP contribution is 2.34. The molecule has 94 valence electrons. The van der Waals surface area contributed by atoms with Gasteiger partial charge in [0.2, 0.25) is 0 Å². The first-order valence-corrected chi connectivity index (χ1v) is 6.72. The predicted molar refractivity (Wildman–Crippen MR) is 75.4 cm³/mol. The molecule has 1 unspecified atom stereocenters. The molecule has 1 aliphatic heterocycles. The van der Waals surface area contributed by atoms with Crippen LogP contribution in [-0.4, -0.2) is 26.7 Å². The molecule has 1 heterocycles. The van der Waals surface area contributed by atoms with E-state index in [0.717, 1.165) is 40.9 Å². The summed E-state index contributed by atoms with van der Waals surface area (Å²) in [6.07, 6.45) is 1.21. The maximum absolute atomic E-state index is 6.29. The van der Waals surface area contributed by atoms with Crippen molar-refractivity contribution in [3.8, 4) is 0 Å². The molecule has 0 spiro atoms. The Morgan fingerprint density at radius 1 is 1.35 bits per heavy atom. The Morgan fingerprint density at radius 2 is 2.12 bits per heavy atom. The Morgan fingerprint density at radius 3 is 2.82 bits per heavy atom. The Bertz CT molecular complexity index is 407. The first-order valence-electron chi connectivity index (χ1n) is 5.97. The third-order valence-electron chi connectivity index (χ3n) is 3.35. The standard InChI is InChI=1S/C13H18Cl2N2/c1-9-5-12(15)13(6-11(9)14)17-4-3-10(8-17)7-16-2/h5-6,10,16H,3-4,7-8H2,1-2H3. The maximum atomic E-state index is 6.29. The molecular weight excluding hydrogens is 255 g/mol. The topological polar surface area (TPSA) is 15.3 Å². The Labute approximate surface area is 113 Å². The summed E-state index contributed by atoms with van der Waals surface area (Å²) < 4.78 is 0. The minimum atomic E-state index is 0.705. The second kappa shape index (κ2) is 5.47. The lowest BCUT2D eigenvalue weighted by Crippen LogP contribution is -2.24. The molecule has 1 aromatic carbocycles. The van der Waals surface area contributed by atoms with E-state index >= 15 is 0 Å². The van der Waals surface area contributed by atoms with Crippen molar-refractivity contribution in [3.05, 3.63) is 27.7 Å². The van der Waals surface area contributed by atoms with Gasteiger partial charge in [-0.05, 0) is 50.6 Å². The zero-order valence-electron chi connectivity index (χ0n) is 10.3. The van der Waals surface area contributed by atoms with E-state index in [1.165, 1.54) is 6.42 Å². The van der Waals surface area contributed by atoms with Crippen molar-refractivity contribution in [1.29, 1.82) is 0 Å². The smallest absolute Gasteiger partial charge is 0.0643 e. The zero-order chi connectivity index (χ0) is 12.4. The van der Waals surface area contributed by atoms with Crippen LogP contribution in [0.15, 0.2) is 12.1 Å². The molecule has 0 aromatic heterocycles. The van der Waals surface area contributed by atoms with Crippen LogP contribution in [0.1, 0.15) is 12.0 Å². The van der Waals surface area contributed by atoms with Gasteiger partial charge >= 0.3 is 0 Å². The van der Waals surface area contributed by atoms with Crippen molar-refractivity contribution in [2.75, 3.05) is 31.6 Å². The molecule has 4 heteroatoms. The quantitative estimate of drug-likeness (QED) is 0.908. The van der Waals surface area contributed by atoms with E-state index in [1.807, 2.05) is 26.1 Å². The average molecular weight is 273 g/mol. The molecule has 1 aromatic rings. The Kier molecular flexibility index (Phi) is 4.18. The summed E-state index contributed by atoms with van der Waals surface area (Å²) in [5.74, 6) is 0.705. The maximum Gasteiger partial charge on any atom is 0.0643 e. The largest absolute Gasteiger partial charge is 0.370 e. The molecule has 0 amide bonds. The summed E-state index contributed by atoms with van der Waals surface area (Å²) in [5, 5.41) is 4.83. The third-order valence-corrected chi connectivity index (χ3v) is 4.06. The molecule has 1 N–H and O–H groups in total. The first-order chi connectivity index (χ1) is 8.11. The number of nitrogens with zero attached hydrogens (tertiary/aromatic N) is 1. The van der Waals surface area contributed by atoms with E-state index in [4.69, 9.17) is 23.2 Å². The van der Waals surface area contributed by atoms with Gasteiger partial charge in [-0.25, -0.2) is 0 Å². The van der Waals surface area contributed by atoms with Crippen LogP contribution < -0.4 is 10.2 Å². The molecule has 0 aliphatic carbocycles. The minimum absolute atomic E-state index is 0.705. The van der Waals surface area contributed by atoms with Crippen molar-refractivity contribution < 1.29 is 0 Å². The summed E-state index contributed by atoms with van der Waals surface area (Å²) in [6, 6.07) is 3.94. The van der Waals surface area contributed by atoms with Gasteiger partial charge in [0.1, 0.15) is 0 Å². The van der Waals surface area contributed by atoms with Crippen LogP contribution in [-0.2, 0) is 0 Å². The van der Waals surface area contributed by atoms with Crippen molar-refractivity contribution in [1.82, 2.24) is 5.32 Å². The first kappa shape index (κ1) is 13.0. The van der Waals surface area contributed by atoms with Crippen LogP contribution in [0.4, 0.5) is 5.69 Å². The van der Waals surface area contributed by atoms with Crippen LogP contribution in [0.5, 0.6) is 0 Å². The number of benzene rings is 1. The van der Waals surface area contributed by atoms with E-state index in [0.29, 0.717) is 5.92 Å². The molecule has 1 atom stereocenters. The van der Waals surface area contributed by atoms with Gasteiger partial charge in [0.05, 0.1) is 10.7 Å². The molecule has 0 saturated carbocycles. The fourth-order valence-corrected chi connectivity index (χ4v) is 2.88. The molecule has 2 rings (SSSR count). The summed E-state index contributed by atoms with van der Waals surface area (Å²) in [6.45, 7) is 5.16. The number of aryl methyl sites for hydroxylation is 1. The van der Waals surface area contributed by atoms with Gasteiger partial charge in [0.15, 0.2) is 0 Å².